The summed E-state index contributed by atoms with van der Waals surface area (Å²) >= 11 is 4.84. The fraction of sp³-hybridized carbons (Fsp3) is 0.500. The zero-order chi connectivity index (χ0) is 15.5. The van der Waals surface area contributed by atoms with Crippen LogP contribution in [0.15, 0.2) is 29.2 Å². The molecule has 116 valence electrons. The SMILES string of the molecule is NC(=S)Cc1ccc(S(=O)(=O)N2CCCC(CO)C2)cc1. The van der Waals surface area contributed by atoms with E-state index < -0.39 is 10.0 Å². The van der Waals surface area contributed by atoms with E-state index in [1.54, 1.807) is 24.3 Å². The molecule has 1 heterocycles. The van der Waals surface area contributed by atoms with E-state index in [2.05, 4.69) is 0 Å². The number of benzene rings is 1. The zero-order valence-corrected chi connectivity index (χ0v) is 13.4. The number of rotatable bonds is 5. The van der Waals surface area contributed by atoms with Gasteiger partial charge < -0.3 is 10.8 Å². The maximum absolute atomic E-state index is 12.6. The van der Waals surface area contributed by atoms with Crippen LogP contribution >= 0.6 is 12.2 Å². The van der Waals surface area contributed by atoms with E-state index in [0.717, 1.165) is 18.4 Å². The van der Waals surface area contributed by atoms with Crippen molar-refractivity contribution in [1.29, 1.82) is 0 Å². The number of aliphatic hydroxyl groups is 1. The Labute approximate surface area is 130 Å². The van der Waals surface area contributed by atoms with E-state index in [1.807, 2.05) is 0 Å². The van der Waals surface area contributed by atoms with Gasteiger partial charge in [-0.2, -0.15) is 4.31 Å². The van der Waals surface area contributed by atoms with Crippen LogP contribution in [0.1, 0.15) is 18.4 Å². The van der Waals surface area contributed by atoms with Crippen molar-refractivity contribution in [2.24, 2.45) is 11.7 Å². The van der Waals surface area contributed by atoms with Crippen molar-refractivity contribution in [2.75, 3.05) is 19.7 Å². The van der Waals surface area contributed by atoms with Crippen LogP contribution < -0.4 is 5.73 Å². The Morgan fingerprint density at radius 3 is 2.62 bits per heavy atom. The number of nitrogens with two attached hydrogens (primary N) is 1. The lowest BCUT2D eigenvalue weighted by Crippen LogP contribution is -2.40. The van der Waals surface area contributed by atoms with Gasteiger partial charge in [-0.1, -0.05) is 24.4 Å². The summed E-state index contributed by atoms with van der Waals surface area (Å²) in [6, 6.07) is 6.65. The molecule has 0 aromatic heterocycles. The Balaban J connectivity index is 2.17. The van der Waals surface area contributed by atoms with Crippen molar-refractivity contribution in [3.05, 3.63) is 29.8 Å². The molecule has 0 spiro atoms. The van der Waals surface area contributed by atoms with Crippen molar-refractivity contribution < 1.29 is 13.5 Å². The predicted octanol–water partition coefficient (Wildman–Crippen LogP) is 0.908. The Morgan fingerprint density at radius 1 is 1.38 bits per heavy atom. The smallest absolute Gasteiger partial charge is 0.243 e. The van der Waals surface area contributed by atoms with Gasteiger partial charge in [0.2, 0.25) is 10.0 Å². The van der Waals surface area contributed by atoms with Gasteiger partial charge in [0, 0.05) is 26.1 Å². The van der Waals surface area contributed by atoms with Crippen LogP contribution in [-0.2, 0) is 16.4 Å². The fourth-order valence-electron chi connectivity index (χ4n) is 2.52. The molecule has 1 saturated heterocycles. The maximum Gasteiger partial charge on any atom is 0.243 e. The minimum absolute atomic E-state index is 0.0267. The molecule has 0 bridgehead atoms. The minimum Gasteiger partial charge on any atom is -0.396 e. The number of aliphatic hydroxyl groups excluding tert-OH is 1. The first-order valence-corrected chi connectivity index (χ1v) is 8.76. The van der Waals surface area contributed by atoms with Crippen LogP contribution in [0.3, 0.4) is 0 Å². The largest absolute Gasteiger partial charge is 0.396 e. The molecule has 0 amide bonds. The Kier molecular flexibility index (Phi) is 5.32. The number of hydrogen-bond donors (Lipinski definition) is 2. The van der Waals surface area contributed by atoms with Gasteiger partial charge in [-0.05, 0) is 36.5 Å². The molecule has 1 aliphatic rings. The van der Waals surface area contributed by atoms with Crippen LogP contribution in [0, 0.1) is 5.92 Å². The molecule has 7 heteroatoms. The predicted molar refractivity (Wildman–Crippen MR) is 85.5 cm³/mol. The van der Waals surface area contributed by atoms with Gasteiger partial charge in [-0.25, -0.2) is 8.42 Å². The maximum atomic E-state index is 12.6. The lowest BCUT2D eigenvalue weighted by molar-refractivity contribution is 0.165. The van der Waals surface area contributed by atoms with E-state index in [9.17, 15) is 13.5 Å². The molecule has 21 heavy (non-hydrogen) atoms. The monoisotopic (exact) mass is 328 g/mol. The van der Waals surface area contributed by atoms with E-state index >= 15 is 0 Å². The molecule has 1 unspecified atom stereocenters. The van der Waals surface area contributed by atoms with Gasteiger partial charge in [0.25, 0.3) is 0 Å². The Bertz CT molecular complexity index is 599. The number of piperidine rings is 1. The average molecular weight is 328 g/mol. The number of sulfonamides is 1. The summed E-state index contributed by atoms with van der Waals surface area (Å²) in [4.78, 5) is 0.653. The highest BCUT2D eigenvalue weighted by Gasteiger charge is 2.29. The normalized spacial score (nSPS) is 20.3. The third-order valence-corrected chi connectivity index (χ3v) is 5.70. The van der Waals surface area contributed by atoms with Crippen LogP contribution in [-0.4, -0.2) is 42.5 Å². The van der Waals surface area contributed by atoms with Gasteiger partial charge >= 0.3 is 0 Å². The molecule has 3 N–H and O–H groups in total. The summed E-state index contributed by atoms with van der Waals surface area (Å²) in [5.41, 5.74) is 6.37. The highest BCUT2D eigenvalue weighted by molar-refractivity contribution is 7.89. The second kappa shape index (κ2) is 6.83. The van der Waals surface area contributed by atoms with Gasteiger partial charge in [0.05, 0.1) is 9.88 Å². The average Bonchev–Trinajstić information content (AvgIpc) is 2.47. The first-order chi connectivity index (χ1) is 9.93. The number of thiocarbonyl (C=S) groups is 1. The van der Waals surface area contributed by atoms with E-state index in [1.165, 1.54) is 4.31 Å². The van der Waals surface area contributed by atoms with Gasteiger partial charge in [-0.3, -0.25) is 0 Å². The quantitative estimate of drug-likeness (QED) is 0.785. The summed E-state index contributed by atoms with van der Waals surface area (Å²) in [6.45, 7) is 0.917. The van der Waals surface area contributed by atoms with Crippen molar-refractivity contribution in [3.8, 4) is 0 Å². The molecular formula is C14H20N2O3S2. The van der Waals surface area contributed by atoms with E-state index in [4.69, 9.17) is 18.0 Å². The van der Waals surface area contributed by atoms with Crippen molar-refractivity contribution in [3.63, 3.8) is 0 Å². The molecular weight excluding hydrogens is 308 g/mol. The first kappa shape index (κ1) is 16.4. The second-order valence-corrected chi connectivity index (χ2v) is 7.80. The Hall–Kier alpha value is -1.02. The summed E-state index contributed by atoms with van der Waals surface area (Å²) < 4.78 is 26.6. The summed E-state index contributed by atoms with van der Waals surface area (Å²) in [5, 5.41) is 9.22. The topological polar surface area (TPSA) is 83.6 Å². The molecule has 1 aliphatic heterocycles. The standard InChI is InChI=1S/C14H20N2O3S2/c15-14(20)8-11-3-5-13(6-4-11)21(18,19)16-7-1-2-12(9-16)10-17/h3-6,12,17H,1-2,7-10H2,(H2,15,20). The first-order valence-electron chi connectivity index (χ1n) is 6.91. The fourth-order valence-corrected chi connectivity index (χ4v) is 4.25. The summed E-state index contributed by atoms with van der Waals surface area (Å²) in [6.07, 6.45) is 2.12. The molecule has 0 aliphatic carbocycles. The van der Waals surface area contributed by atoms with E-state index in [0.29, 0.717) is 24.5 Å². The van der Waals surface area contributed by atoms with Crippen LogP contribution in [0.4, 0.5) is 0 Å². The van der Waals surface area contributed by atoms with Crippen molar-refractivity contribution in [2.45, 2.75) is 24.2 Å². The lowest BCUT2D eigenvalue weighted by Gasteiger charge is -2.30. The molecule has 5 nitrogen and oxygen atoms in total. The van der Waals surface area contributed by atoms with Crippen molar-refractivity contribution >= 4 is 27.2 Å². The van der Waals surface area contributed by atoms with Crippen LogP contribution in [0.2, 0.25) is 0 Å². The van der Waals surface area contributed by atoms with Gasteiger partial charge in [0.1, 0.15) is 0 Å². The Morgan fingerprint density at radius 2 is 2.05 bits per heavy atom. The van der Waals surface area contributed by atoms with Crippen LogP contribution in [0.5, 0.6) is 0 Å². The third-order valence-electron chi connectivity index (χ3n) is 3.68. The third kappa shape index (κ3) is 4.00. The molecule has 1 aromatic rings. The number of hydrogen-bond acceptors (Lipinski definition) is 4. The van der Waals surface area contributed by atoms with Gasteiger partial charge in [-0.15, -0.1) is 0 Å². The molecule has 1 atom stereocenters. The molecule has 0 radical (unpaired) electrons. The summed E-state index contributed by atoms with van der Waals surface area (Å²) in [5.74, 6) is 0.0300. The molecule has 0 saturated carbocycles. The molecule has 2 rings (SSSR count). The lowest BCUT2D eigenvalue weighted by atomic mass is 10.0. The minimum atomic E-state index is -3.49. The highest BCUT2D eigenvalue weighted by atomic mass is 32.2. The van der Waals surface area contributed by atoms with Crippen molar-refractivity contribution in [1.82, 2.24) is 4.31 Å². The molecule has 1 aromatic carbocycles. The summed E-state index contributed by atoms with van der Waals surface area (Å²) in [7, 11) is -3.49. The molecule has 1 fully saturated rings. The zero-order valence-electron chi connectivity index (χ0n) is 11.7. The van der Waals surface area contributed by atoms with Crippen LogP contribution in [0.25, 0.3) is 0 Å². The number of nitrogens with zero attached hydrogens (tertiary/aromatic N) is 1. The second-order valence-electron chi connectivity index (χ2n) is 5.34. The van der Waals surface area contributed by atoms with E-state index in [-0.39, 0.29) is 17.4 Å². The van der Waals surface area contributed by atoms with Gasteiger partial charge in [0.15, 0.2) is 0 Å². The highest BCUT2D eigenvalue weighted by Crippen LogP contribution is 2.23.